The number of nitrogens with two attached hydrogens (primary N) is 1. The second-order valence-corrected chi connectivity index (χ2v) is 5.27. The molecule has 0 aromatic heterocycles. The van der Waals surface area contributed by atoms with E-state index in [9.17, 15) is 4.79 Å². The Hall–Kier alpha value is -2.69. The summed E-state index contributed by atoms with van der Waals surface area (Å²) >= 11 is 0. The Balaban J connectivity index is 1.76. The van der Waals surface area contributed by atoms with Gasteiger partial charge in [-0.2, -0.15) is 0 Å². The summed E-state index contributed by atoms with van der Waals surface area (Å²) in [5, 5.41) is 0. The normalized spacial score (nSPS) is 10.2. The topological polar surface area (TPSA) is 64.8 Å². The maximum Gasteiger partial charge on any atom is 0.260 e. The molecule has 0 spiro atoms. The summed E-state index contributed by atoms with van der Waals surface area (Å²) in [6, 6.07) is 14.8. The Morgan fingerprint density at radius 3 is 2.26 bits per heavy atom. The molecule has 2 aromatic carbocycles. The van der Waals surface area contributed by atoms with Crippen LogP contribution in [0.25, 0.3) is 0 Å². The molecule has 5 nitrogen and oxygen atoms in total. The average Bonchev–Trinajstić information content (AvgIpc) is 2.59. The Kier molecular flexibility index (Phi) is 5.86. The molecule has 2 N–H and O–H groups in total. The number of likely N-dealkylation sites (N-methyl/N-ethyl adjacent to an activating group) is 1. The minimum atomic E-state index is -0.0599. The van der Waals surface area contributed by atoms with Crippen molar-refractivity contribution in [3.8, 4) is 11.5 Å². The molecule has 0 saturated heterocycles. The van der Waals surface area contributed by atoms with E-state index < -0.39 is 0 Å². The standard InChI is InChI=1S/C18H22N2O3/c1-20(12-11-14-3-7-16(22-2)8-4-14)18(21)13-23-17-9-5-15(19)6-10-17/h3-10H,11-13,19H2,1-2H3. The molecule has 0 radical (unpaired) electrons. The number of carbonyl (C=O) groups excluding carboxylic acids is 1. The lowest BCUT2D eigenvalue weighted by Crippen LogP contribution is -2.33. The van der Waals surface area contributed by atoms with Crippen LogP contribution in [-0.4, -0.2) is 38.1 Å². The number of amides is 1. The van der Waals surface area contributed by atoms with Crippen LogP contribution >= 0.6 is 0 Å². The van der Waals surface area contributed by atoms with Crippen molar-refractivity contribution in [3.63, 3.8) is 0 Å². The lowest BCUT2D eigenvalue weighted by atomic mass is 10.1. The van der Waals surface area contributed by atoms with E-state index >= 15 is 0 Å². The minimum absolute atomic E-state index is 0.0169. The number of benzene rings is 2. The van der Waals surface area contributed by atoms with Crippen LogP contribution in [0.3, 0.4) is 0 Å². The second-order valence-electron chi connectivity index (χ2n) is 5.27. The van der Waals surface area contributed by atoms with Gasteiger partial charge in [0.1, 0.15) is 11.5 Å². The van der Waals surface area contributed by atoms with Crippen LogP contribution in [0.2, 0.25) is 0 Å². The first-order valence-electron chi connectivity index (χ1n) is 7.43. The van der Waals surface area contributed by atoms with Crippen LogP contribution in [0.1, 0.15) is 5.56 Å². The van der Waals surface area contributed by atoms with Gasteiger partial charge in [-0.15, -0.1) is 0 Å². The molecule has 0 aliphatic heterocycles. The van der Waals surface area contributed by atoms with E-state index in [1.807, 2.05) is 24.3 Å². The van der Waals surface area contributed by atoms with E-state index in [1.54, 1.807) is 43.3 Å². The van der Waals surface area contributed by atoms with Gasteiger partial charge in [-0.1, -0.05) is 12.1 Å². The molecule has 0 heterocycles. The first-order valence-corrected chi connectivity index (χ1v) is 7.43. The van der Waals surface area contributed by atoms with E-state index in [4.69, 9.17) is 15.2 Å². The van der Waals surface area contributed by atoms with Gasteiger partial charge in [0.15, 0.2) is 6.61 Å². The first kappa shape index (κ1) is 16.7. The van der Waals surface area contributed by atoms with Gasteiger partial charge in [-0.05, 0) is 48.4 Å². The third-order valence-electron chi connectivity index (χ3n) is 3.56. The fourth-order valence-corrected chi connectivity index (χ4v) is 2.03. The van der Waals surface area contributed by atoms with E-state index in [-0.39, 0.29) is 12.5 Å². The summed E-state index contributed by atoms with van der Waals surface area (Å²) in [5.41, 5.74) is 7.43. The van der Waals surface area contributed by atoms with Gasteiger partial charge in [0.05, 0.1) is 7.11 Å². The lowest BCUT2D eigenvalue weighted by Gasteiger charge is -2.17. The predicted octanol–water partition coefficient (Wildman–Crippen LogP) is 2.36. The molecule has 5 heteroatoms. The quantitative estimate of drug-likeness (QED) is 0.797. The Morgan fingerprint density at radius 2 is 1.65 bits per heavy atom. The summed E-state index contributed by atoms with van der Waals surface area (Å²) < 4.78 is 10.6. The average molecular weight is 314 g/mol. The third-order valence-corrected chi connectivity index (χ3v) is 3.56. The highest BCUT2D eigenvalue weighted by molar-refractivity contribution is 5.77. The van der Waals surface area contributed by atoms with Crippen molar-refractivity contribution in [1.82, 2.24) is 4.90 Å². The number of anilines is 1. The zero-order valence-corrected chi connectivity index (χ0v) is 13.5. The summed E-state index contributed by atoms with van der Waals surface area (Å²) in [7, 11) is 3.42. The largest absolute Gasteiger partial charge is 0.497 e. The van der Waals surface area contributed by atoms with Crippen molar-refractivity contribution in [2.24, 2.45) is 0 Å². The maximum atomic E-state index is 12.1. The van der Waals surface area contributed by atoms with Crippen LogP contribution in [0.5, 0.6) is 11.5 Å². The smallest absolute Gasteiger partial charge is 0.260 e. The summed E-state index contributed by atoms with van der Waals surface area (Å²) in [4.78, 5) is 13.7. The van der Waals surface area contributed by atoms with Gasteiger partial charge < -0.3 is 20.1 Å². The third kappa shape index (κ3) is 5.21. The molecule has 23 heavy (non-hydrogen) atoms. The van der Waals surface area contributed by atoms with Crippen molar-refractivity contribution in [1.29, 1.82) is 0 Å². The molecule has 0 bridgehead atoms. The molecular weight excluding hydrogens is 292 g/mol. The molecule has 0 saturated carbocycles. The highest BCUT2D eigenvalue weighted by Crippen LogP contribution is 2.14. The monoisotopic (exact) mass is 314 g/mol. The zero-order chi connectivity index (χ0) is 16.7. The molecule has 122 valence electrons. The number of nitrogens with zero attached hydrogens (tertiary/aromatic N) is 1. The predicted molar refractivity (Wildman–Crippen MR) is 90.7 cm³/mol. The number of nitrogen functional groups attached to an aromatic ring is 1. The number of hydrogen-bond acceptors (Lipinski definition) is 4. The van der Waals surface area contributed by atoms with E-state index in [0.29, 0.717) is 18.0 Å². The Morgan fingerprint density at radius 1 is 1.04 bits per heavy atom. The zero-order valence-electron chi connectivity index (χ0n) is 13.5. The number of rotatable bonds is 7. The highest BCUT2D eigenvalue weighted by atomic mass is 16.5. The van der Waals surface area contributed by atoms with Gasteiger partial charge in [0, 0.05) is 19.3 Å². The molecule has 2 aromatic rings. The van der Waals surface area contributed by atoms with Crippen molar-refractivity contribution in [2.45, 2.75) is 6.42 Å². The molecule has 1 amide bonds. The SMILES string of the molecule is COc1ccc(CCN(C)C(=O)COc2ccc(N)cc2)cc1. The molecule has 0 atom stereocenters. The first-order chi connectivity index (χ1) is 11.1. The van der Waals surface area contributed by atoms with Crippen LogP contribution in [0, 0.1) is 0 Å². The Bertz CT molecular complexity index is 624. The van der Waals surface area contributed by atoms with Crippen LogP contribution < -0.4 is 15.2 Å². The molecule has 0 aliphatic carbocycles. The number of carbonyl (C=O) groups is 1. The van der Waals surface area contributed by atoms with Gasteiger partial charge >= 0.3 is 0 Å². The minimum Gasteiger partial charge on any atom is -0.497 e. The van der Waals surface area contributed by atoms with Gasteiger partial charge in [0.25, 0.3) is 5.91 Å². The van der Waals surface area contributed by atoms with Gasteiger partial charge in [-0.25, -0.2) is 0 Å². The maximum absolute atomic E-state index is 12.1. The van der Waals surface area contributed by atoms with Crippen molar-refractivity contribution >= 4 is 11.6 Å². The molecule has 0 unspecified atom stereocenters. The number of ether oxygens (including phenoxy) is 2. The van der Waals surface area contributed by atoms with Crippen molar-refractivity contribution in [2.75, 3.05) is 33.0 Å². The van der Waals surface area contributed by atoms with E-state index in [0.717, 1.165) is 17.7 Å². The Labute approximate surface area is 136 Å². The van der Waals surface area contributed by atoms with Crippen LogP contribution in [0.4, 0.5) is 5.69 Å². The van der Waals surface area contributed by atoms with Crippen LogP contribution in [-0.2, 0) is 11.2 Å². The molecule has 2 rings (SSSR count). The van der Waals surface area contributed by atoms with E-state index in [1.165, 1.54) is 0 Å². The fourth-order valence-electron chi connectivity index (χ4n) is 2.03. The van der Waals surface area contributed by atoms with Crippen molar-refractivity contribution < 1.29 is 14.3 Å². The molecular formula is C18H22N2O3. The highest BCUT2D eigenvalue weighted by Gasteiger charge is 2.09. The molecule has 0 fully saturated rings. The number of hydrogen-bond donors (Lipinski definition) is 1. The van der Waals surface area contributed by atoms with Gasteiger partial charge in [0.2, 0.25) is 0 Å². The second kappa shape index (κ2) is 8.08. The number of methoxy groups -OCH3 is 1. The van der Waals surface area contributed by atoms with Crippen LogP contribution in [0.15, 0.2) is 48.5 Å². The fraction of sp³-hybridized carbons (Fsp3) is 0.278. The van der Waals surface area contributed by atoms with Gasteiger partial charge in [-0.3, -0.25) is 4.79 Å². The van der Waals surface area contributed by atoms with Crippen molar-refractivity contribution in [3.05, 3.63) is 54.1 Å². The molecule has 0 aliphatic rings. The summed E-state index contributed by atoms with van der Waals surface area (Å²) in [5.74, 6) is 1.40. The van der Waals surface area contributed by atoms with E-state index in [2.05, 4.69) is 0 Å². The lowest BCUT2D eigenvalue weighted by molar-refractivity contribution is -0.132. The summed E-state index contributed by atoms with van der Waals surface area (Å²) in [6.07, 6.45) is 0.786. The summed E-state index contributed by atoms with van der Waals surface area (Å²) in [6.45, 7) is 0.652.